The number of fused-ring (bicyclic) bond motifs is 2. The van der Waals surface area contributed by atoms with E-state index in [1.165, 1.54) is 24.1 Å². The number of benzene rings is 3. The molecule has 1 fully saturated rings. The normalized spacial score (nSPS) is 15.9. The van der Waals surface area contributed by atoms with Gasteiger partial charge in [0.25, 0.3) is 5.91 Å². The standard InChI is InChI=1S/C29H26ClF3N2O5/c1-39-22-13-17(2-9-25(36)37)12-20(14-22)34-26(18-3-5-19(30)6-4-18)27(38)35-16-28(10-11-28)23-8-7-21(15-24(23)35)40-29(31,32)33/h3-8,12-15,26,34H,2,9-11,16H2,1H3,(H,36,37). The van der Waals surface area contributed by atoms with Gasteiger partial charge in [-0.2, -0.15) is 0 Å². The van der Waals surface area contributed by atoms with E-state index in [0.717, 1.165) is 18.4 Å². The molecular weight excluding hydrogens is 549 g/mol. The summed E-state index contributed by atoms with van der Waals surface area (Å²) in [4.78, 5) is 26.9. The van der Waals surface area contributed by atoms with Gasteiger partial charge in [-0.25, -0.2) is 0 Å². The molecule has 3 aromatic carbocycles. The number of carboxylic acids is 1. The molecule has 5 rings (SSSR count). The van der Waals surface area contributed by atoms with Crippen molar-refractivity contribution in [1.82, 2.24) is 0 Å². The number of methoxy groups -OCH3 is 1. The Hall–Kier alpha value is -3.92. The summed E-state index contributed by atoms with van der Waals surface area (Å²) in [6.45, 7) is 0.338. The number of nitrogens with one attached hydrogen (secondary N) is 1. The molecule has 0 bridgehead atoms. The number of nitrogens with zero attached hydrogens (tertiary/aromatic N) is 1. The van der Waals surface area contributed by atoms with E-state index in [4.69, 9.17) is 21.4 Å². The molecule has 0 radical (unpaired) electrons. The first-order chi connectivity index (χ1) is 19.0. The van der Waals surface area contributed by atoms with E-state index in [1.807, 2.05) is 0 Å². The zero-order valence-corrected chi connectivity index (χ0v) is 22.2. The SMILES string of the molecule is COc1cc(CCC(=O)O)cc(NC(C(=O)N2CC3(CC3)c3ccc(OC(F)(F)F)cc32)c2ccc(Cl)cc2)c1. The summed E-state index contributed by atoms with van der Waals surface area (Å²) in [5.41, 5.74) is 2.73. The number of aliphatic carboxylic acids is 1. The Bertz CT molecular complexity index is 1440. The van der Waals surface area contributed by atoms with Crippen LogP contribution < -0.4 is 19.7 Å². The van der Waals surface area contributed by atoms with Crippen LogP contribution in [-0.2, 0) is 21.4 Å². The van der Waals surface area contributed by atoms with Crippen molar-refractivity contribution in [3.05, 3.63) is 82.4 Å². The number of hydrogen-bond acceptors (Lipinski definition) is 5. The van der Waals surface area contributed by atoms with Gasteiger partial charge in [-0.1, -0.05) is 29.8 Å². The number of alkyl halides is 3. The van der Waals surface area contributed by atoms with Crippen LogP contribution in [0.2, 0.25) is 5.02 Å². The van der Waals surface area contributed by atoms with E-state index >= 15 is 0 Å². The number of ether oxygens (including phenoxy) is 2. The van der Waals surface area contributed by atoms with E-state index in [2.05, 4.69) is 10.1 Å². The lowest BCUT2D eigenvalue weighted by molar-refractivity contribution is -0.274. The van der Waals surface area contributed by atoms with Crippen LogP contribution in [0.3, 0.4) is 0 Å². The largest absolute Gasteiger partial charge is 0.573 e. The van der Waals surface area contributed by atoms with Gasteiger partial charge in [0.15, 0.2) is 0 Å². The number of aryl methyl sites for hydroxylation is 1. The lowest BCUT2D eigenvalue weighted by atomic mass is 9.99. The van der Waals surface area contributed by atoms with Gasteiger partial charge in [0, 0.05) is 41.2 Å². The number of hydrogen-bond donors (Lipinski definition) is 2. The zero-order valence-electron chi connectivity index (χ0n) is 21.4. The third-order valence-electron chi connectivity index (χ3n) is 7.24. The van der Waals surface area contributed by atoms with Crippen LogP contribution in [-0.4, -0.2) is 37.0 Å². The molecule has 0 saturated heterocycles. The van der Waals surface area contributed by atoms with Gasteiger partial charge in [-0.05, 0) is 66.3 Å². The lowest BCUT2D eigenvalue weighted by Gasteiger charge is -2.27. The molecule has 7 nitrogen and oxygen atoms in total. The van der Waals surface area contributed by atoms with E-state index in [-0.39, 0.29) is 24.2 Å². The van der Waals surface area contributed by atoms with E-state index in [9.17, 15) is 22.8 Å². The Balaban J connectivity index is 1.51. The first-order valence-electron chi connectivity index (χ1n) is 12.6. The Morgan fingerprint density at radius 2 is 1.80 bits per heavy atom. The van der Waals surface area contributed by atoms with Crippen molar-refractivity contribution >= 4 is 34.9 Å². The van der Waals surface area contributed by atoms with Gasteiger partial charge in [0.1, 0.15) is 17.5 Å². The molecule has 0 aromatic heterocycles. The summed E-state index contributed by atoms with van der Waals surface area (Å²) >= 11 is 6.10. The fourth-order valence-corrected chi connectivity index (χ4v) is 5.28. The van der Waals surface area contributed by atoms with Crippen LogP contribution in [0.25, 0.3) is 0 Å². The van der Waals surface area contributed by atoms with Gasteiger partial charge in [-0.3, -0.25) is 9.59 Å². The number of carbonyl (C=O) groups excluding carboxylic acids is 1. The molecule has 1 amide bonds. The average molecular weight is 575 g/mol. The van der Waals surface area contributed by atoms with Crippen molar-refractivity contribution in [2.45, 2.75) is 43.5 Å². The highest BCUT2D eigenvalue weighted by molar-refractivity contribution is 6.30. The maximum atomic E-state index is 14.2. The summed E-state index contributed by atoms with van der Waals surface area (Å²) in [6, 6.07) is 15.1. The number of halogens is 4. The van der Waals surface area contributed by atoms with Gasteiger partial charge >= 0.3 is 12.3 Å². The number of carbonyl (C=O) groups is 2. The minimum absolute atomic E-state index is 0.0822. The fraction of sp³-hybridized carbons (Fsp3) is 0.310. The number of rotatable bonds is 9. The predicted octanol–water partition coefficient (Wildman–Crippen LogP) is 6.50. The average Bonchev–Trinajstić information content (AvgIpc) is 3.61. The highest BCUT2D eigenvalue weighted by atomic mass is 35.5. The fourth-order valence-electron chi connectivity index (χ4n) is 5.15. The number of amides is 1. The molecule has 1 atom stereocenters. The van der Waals surface area contributed by atoms with Crippen LogP contribution in [0, 0.1) is 0 Å². The molecule has 3 aromatic rings. The first kappa shape index (κ1) is 27.6. The number of anilines is 2. The first-order valence-corrected chi connectivity index (χ1v) is 13.0. The van der Waals surface area contributed by atoms with Crippen molar-refractivity contribution in [2.75, 3.05) is 23.9 Å². The van der Waals surface area contributed by atoms with E-state index in [1.54, 1.807) is 48.5 Å². The molecule has 2 aliphatic rings. The Morgan fingerprint density at radius 3 is 2.42 bits per heavy atom. The maximum Gasteiger partial charge on any atom is 0.573 e. The highest BCUT2D eigenvalue weighted by Gasteiger charge is 2.54. The quantitative estimate of drug-likeness (QED) is 0.303. The van der Waals surface area contributed by atoms with Crippen LogP contribution in [0.5, 0.6) is 11.5 Å². The van der Waals surface area contributed by atoms with E-state index in [0.29, 0.717) is 39.8 Å². The summed E-state index contributed by atoms with van der Waals surface area (Å²) in [7, 11) is 1.48. The lowest BCUT2D eigenvalue weighted by Crippen LogP contribution is -2.38. The highest BCUT2D eigenvalue weighted by Crippen LogP contribution is 2.57. The van der Waals surface area contributed by atoms with Crippen molar-refractivity contribution in [3.8, 4) is 11.5 Å². The maximum absolute atomic E-state index is 14.2. The van der Waals surface area contributed by atoms with Crippen molar-refractivity contribution in [3.63, 3.8) is 0 Å². The molecule has 2 N–H and O–H groups in total. The van der Waals surface area contributed by atoms with Crippen LogP contribution in [0.4, 0.5) is 24.5 Å². The Kier molecular flexibility index (Phi) is 7.31. The molecule has 1 aliphatic carbocycles. The van der Waals surface area contributed by atoms with Gasteiger partial charge in [-0.15, -0.1) is 13.2 Å². The Morgan fingerprint density at radius 1 is 1.07 bits per heavy atom. The topological polar surface area (TPSA) is 88.1 Å². The van der Waals surface area contributed by atoms with Crippen LogP contribution in [0.1, 0.15) is 42.0 Å². The van der Waals surface area contributed by atoms with Gasteiger partial charge < -0.3 is 24.8 Å². The molecule has 1 spiro atoms. The molecule has 1 aliphatic heterocycles. The van der Waals surface area contributed by atoms with Crippen molar-refractivity contribution < 1.29 is 37.3 Å². The summed E-state index contributed by atoms with van der Waals surface area (Å²) in [5, 5.41) is 12.8. The second-order valence-electron chi connectivity index (χ2n) is 10.0. The van der Waals surface area contributed by atoms with Crippen molar-refractivity contribution in [2.24, 2.45) is 0 Å². The third kappa shape index (κ3) is 5.96. The number of carboxylic acid groups (broad SMARTS) is 1. The monoisotopic (exact) mass is 574 g/mol. The summed E-state index contributed by atoms with van der Waals surface area (Å²) < 4.78 is 48.4. The molecule has 11 heteroatoms. The molecule has 1 unspecified atom stereocenters. The predicted molar refractivity (Wildman–Crippen MR) is 143 cm³/mol. The molecule has 1 heterocycles. The molecule has 40 heavy (non-hydrogen) atoms. The molecular formula is C29H26ClF3N2O5. The van der Waals surface area contributed by atoms with Crippen LogP contribution >= 0.6 is 11.6 Å². The Labute approximate surface area is 233 Å². The minimum atomic E-state index is -4.86. The second kappa shape index (κ2) is 10.6. The minimum Gasteiger partial charge on any atom is -0.497 e. The molecule has 210 valence electrons. The van der Waals surface area contributed by atoms with Gasteiger partial charge in [0.05, 0.1) is 12.8 Å². The zero-order chi connectivity index (χ0) is 28.7. The third-order valence-corrected chi connectivity index (χ3v) is 7.49. The summed E-state index contributed by atoms with van der Waals surface area (Å²) in [5.74, 6) is -1.23. The summed E-state index contributed by atoms with van der Waals surface area (Å²) in [6.07, 6.45) is -3.04. The second-order valence-corrected chi connectivity index (χ2v) is 10.5. The molecule has 1 saturated carbocycles. The van der Waals surface area contributed by atoms with Gasteiger partial charge in [0.2, 0.25) is 0 Å². The van der Waals surface area contributed by atoms with E-state index < -0.39 is 24.1 Å². The smallest absolute Gasteiger partial charge is 0.497 e. The van der Waals surface area contributed by atoms with Crippen molar-refractivity contribution in [1.29, 1.82) is 0 Å². The van der Waals surface area contributed by atoms with Crippen LogP contribution in [0.15, 0.2) is 60.7 Å².